The van der Waals surface area contributed by atoms with Crippen LogP contribution in [0.2, 0.25) is 0 Å². The van der Waals surface area contributed by atoms with Crippen molar-refractivity contribution in [2.75, 3.05) is 0 Å². The van der Waals surface area contributed by atoms with Crippen molar-refractivity contribution in [3.63, 3.8) is 0 Å². The molecule has 2 aliphatic rings. The van der Waals surface area contributed by atoms with Gasteiger partial charge in [0.1, 0.15) is 6.04 Å². The lowest BCUT2D eigenvalue weighted by atomic mass is 9.90. The molecule has 0 bridgehead atoms. The Morgan fingerprint density at radius 1 is 1.14 bits per heavy atom. The van der Waals surface area contributed by atoms with Crippen molar-refractivity contribution in [3.8, 4) is 0 Å². The second kappa shape index (κ2) is 8.91. The summed E-state index contributed by atoms with van der Waals surface area (Å²) < 4.78 is 0. The molecule has 150 valence electrons. The Balaban J connectivity index is 0.000000660. The Morgan fingerprint density at radius 2 is 1.79 bits per heavy atom. The Labute approximate surface area is 166 Å². The maximum atomic E-state index is 12.8. The van der Waals surface area contributed by atoms with Gasteiger partial charge in [-0.25, -0.2) is 4.79 Å². The summed E-state index contributed by atoms with van der Waals surface area (Å²) in [4.78, 5) is 29.6. The number of aromatic nitrogens is 1. The molecule has 1 aromatic heterocycles. The number of allylic oxidation sites excluding steroid dienone is 2. The Kier molecular flexibility index (Phi) is 6.84. The summed E-state index contributed by atoms with van der Waals surface area (Å²) in [7, 11) is 0. The Bertz CT molecular complexity index is 936. The number of carboxylic acids is 1. The number of carbonyl (C=O) groups is 2. The van der Waals surface area contributed by atoms with Crippen LogP contribution in [0.25, 0.3) is 10.9 Å². The minimum atomic E-state index is -0.961. The standard InChI is InChI=1S/C19H18N2O3.2C2H6/c1-3-10-11(4-2)18(22)21-15(19(23)24)9-13-12-7-5-6-8-14(12)20-16(13)17(10)21;2*1-2/h3-8,15,17,20H,9H2,1-2H3,(H,23,24);2*1-2H3/b10-3+,11-4+;;/t15-,17+;;/m0../s1. The zero-order chi connectivity index (χ0) is 21.0. The number of nitrogens with zero attached hydrogens (tertiary/aromatic N) is 1. The predicted molar refractivity (Wildman–Crippen MR) is 113 cm³/mol. The van der Waals surface area contributed by atoms with Crippen molar-refractivity contribution in [3.05, 3.63) is 58.8 Å². The van der Waals surface area contributed by atoms with E-state index in [0.717, 1.165) is 27.7 Å². The third-order valence-electron chi connectivity index (χ3n) is 5.09. The molecule has 2 aliphatic heterocycles. The minimum absolute atomic E-state index is 0.202. The van der Waals surface area contributed by atoms with Crippen molar-refractivity contribution < 1.29 is 14.7 Å². The molecule has 1 aromatic carbocycles. The van der Waals surface area contributed by atoms with Gasteiger partial charge in [-0.15, -0.1) is 0 Å². The van der Waals surface area contributed by atoms with Crippen LogP contribution in [0.5, 0.6) is 0 Å². The molecule has 0 aliphatic carbocycles. The van der Waals surface area contributed by atoms with Crippen LogP contribution in [0, 0.1) is 0 Å². The van der Waals surface area contributed by atoms with Crippen molar-refractivity contribution in [1.82, 2.24) is 9.88 Å². The summed E-state index contributed by atoms with van der Waals surface area (Å²) in [6.07, 6.45) is 4.01. The van der Waals surface area contributed by atoms with Crippen LogP contribution >= 0.6 is 0 Å². The number of hydrogen-bond donors (Lipinski definition) is 2. The van der Waals surface area contributed by atoms with Gasteiger partial charge in [0.05, 0.1) is 6.04 Å². The number of aromatic amines is 1. The molecule has 0 saturated carbocycles. The smallest absolute Gasteiger partial charge is 0.326 e. The molecule has 1 fully saturated rings. The zero-order valence-corrected chi connectivity index (χ0v) is 17.5. The maximum absolute atomic E-state index is 12.8. The number of rotatable bonds is 1. The number of amides is 1. The summed E-state index contributed by atoms with van der Waals surface area (Å²) in [5, 5.41) is 10.8. The summed E-state index contributed by atoms with van der Waals surface area (Å²) in [6, 6.07) is 6.68. The lowest BCUT2D eigenvalue weighted by molar-refractivity contribution is -0.149. The van der Waals surface area contributed by atoms with E-state index in [0.29, 0.717) is 12.0 Å². The molecule has 4 rings (SSSR count). The van der Waals surface area contributed by atoms with E-state index in [1.165, 1.54) is 4.90 Å². The van der Waals surface area contributed by atoms with Gasteiger partial charge < -0.3 is 15.0 Å². The summed E-state index contributed by atoms with van der Waals surface area (Å²) in [5.74, 6) is -1.16. The van der Waals surface area contributed by atoms with E-state index in [2.05, 4.69) is 4.98 Å². The molecular weight excluding hydrogens is 352 g/mol. The molecule has 2 atom stereocenters. The first-order chi connectivity index (χ1) is 13.6. The van der Waals surface area contributed by atoms with Gasteiger partial charge in [0.2, 0.25) is 0 Å². The number of nitrogens with one attached hydrogen (secondary N) is 1. The lowest BCUT2D eigenvalue weighted by Gasteiger charge is -2.35. The van der Waals surface area contributed by atoms with Crippen LogP contribution in [-0.2, 0) is 16.0 Å². The predicted octanol–water partition coefficient (Wildman–Crippen LogP) is 5.01. The third kappa shape index (κ3) is 3.15. The SMILES string of the molecule is C/C=C1/C(=O)N2[C@H](/C1=C/C)c1[nH]c3ccccc3c1C[C@H]2C(=O)O.CC.CC. The van der Waals surface area contributed by atoms with E-state index >= 15 is 0 Å². The van der Waals surface area contributed by atoms with Gasteiger partial charge in [-0.05, 0) is 31.1 Å². The first-order valence-corrected chi connectivity index (χ1v) is 10.1. The van der Waals surface area contributed by atoms with Crippen molar-refractivity contribution >= 4 is 22.8 Å². The van der Waals surface area contributed by atoms with E-state index in [4.69, 9.17) is 0 Å². The fourth-order valence-electron chi connectivity index (χ4n) is 4.07. The Morgan fingerprint density at radius 3 is 2.36 bits per heavy atom. The number of H-pyrrole nitrogens is 1. The summed E-state index contributed by atoms with van der Waals surface area (Å²) in [5.41, 5.74) is 4.39. The van der Waals surface area contributed by atoms with Crippen LogP contribution < -0.4 is 0 Å². The molecule has 0 unspecified atom stereocenters. The van der Waals surface area contributed by atoms with Crippen LogP contribution in [0.1, 0.15) is 58.8 Å². The van der Waals surface area contributed by atoms with Crippen molar-refractivity contribution in [2.45, 2.75) is 60.0 Å². The third-order valence-corrected chi connectivity index (χ3v) is 5.09. The second-order valence-corrected chi connectivity index (χ2v) is 6.18. The highest BCUT2D eigenvalue weighted by molar-refractivity contribution is 6.05. The second-order valence-electron chi connectivity index (χ2n) is 6.18. The molecule has 0 spiro atoms. The van der Waals surface area contributed by atoms with Gasteiger partial charge in [0.15, 0.2) is 0 Å². The number of fused-ring (bicyclic) bond motifs is 5. The highest BCUT2D eigenvalue weighted by Gasteiger charge is 2.50. The highest BCUT2D eigenvalue weighted by Crippen LogP contribution is 2.48. The molecule has 3 heterocycles. The van der Waals surface area contributed by atoms with Gasteiger partial charge >= 0.3 is 5.97 Å². The monoisotopic (exact) mass is 382 g/mol. The topological polar surface area (TPSA) is 73.4 Å². The molecule has 0 radical (unpaired) electrons. The molecule has 5 nitrogen and oxygen atoms in total. The largest absolute Gasteiger partial charge is 0.480 e. The fourth-order valence-corrected chi connectivity index (χ4v) is 4.07. The molecule has 28 heavy (non-hydrogen) atoms. The maximum Gasteiger partial charge on any atom is 0.326 e. The molecule has 2 aromatic rings. The van der Waals surface area contributed by atoms with Gasteiger partial charge in [-0.3, -0.25) is 4.79 Å². The first-order valence-electron chi connectivity index (χ1n) is 10.1. The van der Waals surface area contributed by atoms with E-state index in [-0.39, 0.29) is 11.9 Å². The number of carbonyl (C=O) groups excluding carboxylic acids is 1. The van der Waals surface area contributed by atoms with Crippen LogP contribution in [0.15, 0.2) is 47.6 Å². The van der Waals surface area contributed by atoms with E-state index < -0.39 is 12.0 Å². The van der Waals surface area contributed by atoms with Gasteiger partial charge in [-0.2, -0.15) is 0 Å². The summed E-state index contributed by atoms with van der Waals surface area (Å²) >= 11 is 0. The van der Waals surface area contributed by atoms with Gasteiger partial charge in [0.25, 0.3) is 5.91 Å². The van der Waals surface area contributed by atoms with Crippen LogP contribution in [0.3, 0.4) is 0 Å². The fraction of sp³-hybridized carbons (Fsp3) is 0.391. The quantitative estimate of drug-likeness (QED) is 0.681. The first kappa shape index (κ1) is 21.5. The van der Waals surface area contributed by atoms with Crippen molar-refractivity contribution in [1.29, 1.82) is 0 Å². The number of benzene rings is 1. The minimum Gasteiger partial charge on any atom is -0.480 e. The number of aliphatic carboxylic acids is 1. The molecule has 1 amide bonds. The van der Waals surface area contributed by atoms with E-state index in [1.54, 1.807) is 6.08 Å². The zero-order valence-electron chi connectivity index (χ0n) is 17.5. The van der Waals surface area contributed by atoms with Crippen LogP contribution in [-0.4, -0.2) is 32.9 Å². The van der Waals surface area contributed by atoms with E-state index in [9.17, 15) is 14.7 Å². The van der Waals surface area contributed by atoms with Gasteiger partial charge in [-0.1, -0.05) is 58.0 Å². The van der Waals surface area contributed by atoms with Gasteiger partial charge in [0, 0.05) is 28.6 Å². The molecule has 2 N–H and O–H groups in total. The van der Waals surface area contributed by atoms with E-state index in [1.807, 2.05) is 71.9 Å². The summed E-state index contributed by atoms with van der Waals surface area (Å²) in [6.45, 7) is 11.7. The Hall–Kier alpha value is -2.82. The normalized spacial score (nSPS) is 22.9. The number of carboxylic acid groups (broad SMARTS) is 1. The average Bonchev–Trinajstić information content (AvgIpc) is 3.25. The highest BCUT2D eigenvalue weighted by atomic mass is 16.4. The molecule has 1 saturated heterocycles. The van der Waals surface area contributed by atoms with Crippen LogP contribution in [0.4, 0.5) is 0 Å². The average molecular weight is 383 g/mol. The molecular formula is C23H30N2O3. The lowest BCUT2D eigenvalue weighted by Crippen LogP contribution is -2.47. The number of para-hydroxylation sites is 1. The van der Waals surface area contributed by atoms with Crippen molar-refractivity contribution in [2.24, 2.45) is 0 Å². The molecule has 5 heteroatoms. The number of hydrogen-bond acceptors (Lipinski definition) is 2.